The quantitative estimate of drug-likeness (QED) is 0.891. The van der Waals surface area contributed by atoms with Crippen molar-refractivity contribution in [2.75, 3.05) is 7.05 Å². The van der Waals surface area contributed by atoms with E-state index in [1.54, 1.807) is 13.2 Å². The number of hydrogen-bond donors (Lipinski definition) is 1. The van der Waals surface area contributed by atoms with Crippen LogP contribution in [-0.4, -0.2) is 17.9 Å². The zero-order valence-electron chi connectivity index (χ0n) is 10.3. The molecule has 0 radical (unpaired) electrons. The minimum Gasteiger partial charge on any atom is -0.359 e. The van der Waals surface area contributed by atoms with Gasteiger partial charge < -0.3 is 5.32 Å². The van der Waals surface area contributed by atoms with E-state index < -0.39 is 0 Å². The molecule has 3 heteroatoms. The fourth-order valence-electron chi connectivity index (χ4n) is 1.95. The van der Waals surface area contributed by atoms with E-state index in [-0.39, 0.29) is 11.8 Å². The summed E-state index contributed by atoms with van der Waals surface area (Å²) in [5.41, 5.74) is 2.03. The van der Waals surface area contributed by atoms with E-state index in [0.29, 0.717) is 6.42 Å². The molecule has 1 amide bonds. The van der Waals surface area contributed by atoms with Crippen LogP contribution in [0.4, 0.5) is 0 Å². The average molecular weight is 240 g/mol. The molecule has 0 aliphatic heterocycles. The largest absolute Gasteiger partial charge is 0.359 e. The van der Waals surface area contributed by atoms with Crippen LogP contribution in [0.15, 0.2) is 54.7 Å². The van der Waals surface area contributed by atoms with E-state index in [0.717, 1.165) is 11.3 Å². The molecule has 0 aliphatic rings. The molecule has 1 unspecified atom stereocenters. The molecule has 0 saturated heterocycles. The second kappa shape index (κ2) is 5.96. The number of rotatable bonds is 4. The summed E-state index contributed by atoms with van der Waals surface area (Å²) in [6.45, 7) is 0. The van der Waals surface area contributed by atoms with Crippen LogP contribution in [0.3, 0.4) is 0 Å². The molecule has 2 aromatic rings. The van der Waals surface area contributed by atoms with Crippen LogP contribution in [0.5, 0.6) is 0 Å². The first kappa shape index (κ1) is 12.3. The van der Waals surface area contributed by atoms with Crippen LogP contribution in [0.1, 0.15) is 23.6 Å². The van der Waals surface area contributed by atoms with Gasteiger partial charge in [-0.15, -0.1) is 0 Å². The van der Waals surface area contributed by atoms with E-state index in [1.165, 1.54) is 0 Å². The fourth-order valence-corrected chi connectivity index (χ4v) is 1.95. The minimum absolute atomic E-state index is 0.00681. The Bertz CT molecular complexity index is 457. The smallest absolute Gasteiger partial charge is 0.220 e. The zero-order valence-corrected chi connectivity index (χ0v) is 10.3. The lowest BCUT2D eigenvalue weighted by molar-refractivity contribution is -0.120. The highest BCUT2D eigenvalue weighted by molar-refractivity contribution is 5.77. The molecule has 1 aromatic heterocycles. The first-order valence-electron chi connectivity index (χ1n) is 5.97. The van der Waals surface area contributed by atoms with Gasteiger partial charge in [-0.3, -0.25) is 9.78 Å². The molecule has 92 valence electrons. The Kier molecular flexibility index (Phi) is 4.07. The molecule has 0 fully saturated rings. The number of carbonyl (C=O) groups excluding carboxylic acids is 1. The number of aromatic nitrogens is 1. The van der Waals surface area contributed by atoms with Gasteiger partial charge in [-0.25, -0.2) is 0 Å². The normalized spacial score (nSPS) is 11.8. The van der Waals surface area contributed by atoms with Crippen molar-refractivity contribution in [2.45, 2.75) is 12.3 Å². The van der Waals surface area contributed by atoms with Gasteiger partial charge in [-0.05, 0) is 17.7 Å². The maximum Gasteiger partial charge on any atom is 0.220 e. The van der Waals surface area contributed by atoms with Crippen LogP contribution in [-0.2, 0) is 4.79 Å². The summed E-state index contributed by atoms with van der Waals surface area (Å²) >= 11 is 0. The Morgan fingerprint density at radius 1 is 1.17 bits per heavy atom. The van der Waals surface area contributed by atoms with Gasteiger partial charge in [0.2, 0.25) is 5.91 Å². The van der Waals surface area contributed by atoms with Crippen LogP contribution < -0.4 is 5.32 Å². The van der Waals surface area contributed by atoms with Gasteiger partial charge in [-0.1, -0.05) is 36.4 Å². The van der Waals surface area contributed by atoms with Gasteiger partial charge in [-0.2, -0.15) is 0 Å². The predicted molar refractivity (Wildman–Crippen MR) is 71.2 cm³/mol. The van der Waals surface area contributed by atoms with Crippen LogP contribution in [0, 0.1) is 0 Å². The second-order valence-corrected chi connectivity index (χ2v) is 4.10. The van der Waals surface area contributed by atoms with Crippen molar-refractivity contribution in [2.24, 2.45) is 0 Å². The molecule has 1 atom stereocenters. The Hall–Kier alpha value is -2.16. The molecule has 18 heavy (non-hydrogen) atoms. The monoisotopic (exact) mass is 240 g/mol. The van der Waals surface area contributed by atoms with Gasteiger partial charge in [0.15, 0.2) is 0 Å². The van der Waals surface area contributed by atoms with Crippen LogP contribution in [0.25, 0.3) is 0 Å². The van der Waals surface area contributed by atoms with Crippen molar-refractivity contribution in [1.29, 1.82) is 0 Å². The minimum atomic E-state index is 0.00681. The lowest BCUT2D eigenvalue weighted by Gasteiger charge is -2.16. The average Bonchev–Trinajstić information content (AvgIpc) is 2.46. The van der Waals surface area contributed by atoms with Gasteiger partial charge in [0.25, 0.3) is 0 Å². The highest BCUT2D eigenvalue weighted by Gasteiger charge is 2.18. The number of nitrogens with zero attached hydrogens (tertiary/aromatic N) is 1. The summed E-state index contributed by atoms with van der Waals surface area (Å²) in [5, 5.41) is 2.67. The topological polar surface area (TPSA) is 42.0 Å². The van der Waals surface area contributed by atoms with Gasteiger partial charge in [0.1, 0.15) is 0 Å². The zero-order chi connectivity index (χ0) is 12.8. The third-order valence-corrected chi connectivity index (χ3v) is 2.92. The third kappa shape index (κ3) is 2.94. The number of carbonyl (C=O) groups is 1. The summed E-state index contributed by atoms with van der Waals surface area (Å²) in [7, 11) is 1.66. The number of hydrogen-bond acceptors (Lipinski definition) is 2. The van der Waals surface area contributed by atoms with Crippen molar-refractivity contribution < 1.29 is 4.79 Å². The van der Waals surface area contributed by atoms with Gasteiger partial charge >= 0.3 is 0 Å². The Morgan fingerprint density at radius 2 is 1.89 bits per heavy atom. The summed E-state index contributed by atoms with van der Waals surface area (Å²) in [5.74, 6) is 0.0295. The molecule has 1 N–H and O–H groups in total. The highest BCUT2D eigenvalue weighted by Crippen LogP contribution is 2.25. The van der Waals surface area contributed by atoms with E-state index in [4.69, 9.17) is 0 Å². The molecule has 2 rings (SSSR count). The molecule has 0 saturated carbocycles. The van der Waals surface area contributed by atoms with Crippen LogP contribution in [0.2, 0.25) is 0 Å². The highest BCUT2D eigenvalue weighted by atomic mass is 16.1. The fraction of sp³-hybridized carbons (Fsp3) is 0.200. The molecule has 1 aromatic carbocycles. The van der Waals surface area contributed by atoms with Gasteiger partial charge in [0.05, 0.1) is 0 Å². The molecule has 0 bridgehead atoms. The van der Waals surface area contributed by atoms with Crippen molar-refractivity contribution in [3.63, 3.8) is 0 Å². The van der Waals surface area contributed by atoms with Gasteiger partial charge in [0, 0.05) is 31.3 Å². The maximum absolute atomic E-state index is 11.6. The standard InChI is InChI=1S/C15H16N2O/c1-16-15(18)11-13(12-7-3-2-4-8-12)14-9-5-6-10-17-14/h2-10,13H,11H2,1H3,(H,16,18). The lowest BCUT2D eigenvalue weighted by Crippen LogP contribution is -2.21. The van der Waals surface area contributed by atoms with Crippen molar-refractivity contribution in [3.05, 3.63) is 66.0 Å². The first-order chi connectivity index (χ1) is 8.81. The summed E-state index contributed by atoms with van der Waals surface area (Å²) in [4.78, 5) is 16.0. The lowest BCUT2D eigenvalue weighted by atomic mass is 9.92. The second-order valence-electron chi connectivity index (χ2n) is 4.10. The van der Waals surface area contributed by atoms with Crippen molar-refractivity contribution >= 4 is 5.91 Å². The van der Waals surface area contributed by atoms with E-state index in [9.17, 15) is 4.79 Å². The van der Waals surface area contributed by atoms with Crippen molar-refractivity contribution in [3.8, 4) is 0 Å². The predicted octanol–water partition coefficient (Wildman–Crippen LogP) is 2.35. The van der Waals surface area contributed by atoms with Crippen LogP contribution >= 0.6 is 0 Å². The molecule has 1 heterocycles. The summed E-state index contributed by atoms with van der Waals surface area (Å²) < 4.78 is 0. The maximum atomic E-state index is 11.6. The number of benzene rings is 1. The summed E-state index contributed by atoms with van der Waals surface area (Å²) in [6.07, 6.45) is 2.17. The Morgan fingerprint density at radius 3 is 2.50 bits per heavy atom. The van der Waals surface area contributed by atoms with E-state index in [1.807, 2.05) is 48.5 Å². The molecular weight excluding hydrogens is 224 g/mol. The Balaban J connectivity index is 2.32. The SMILES string of the molecule is CNC(=O)CC(c1ccccc1)c1ccccn1. The molecular formula is C15H16N2O. The molecule has 3 nitrogen and oxygen atoms in total. The third-order valence-electron chi connectivity index (χ3n) is 2.92. The van der Waals surface area contributed by atoms with E-state index >= 15 is 0 Å². The number of nitrogens with one attached hydrogen (secondary N) is 1. The number of pyridine rings is 1. The van der Waals surface area contributed by atoms with E-state index in [2.05, 4.69) is 10.3 Å². The first-order valence-corrected chi connectivity index (χ1v) is 5.97. The Labute approximate surface area is 107 Å². The number of amides is 1. The molecule has 0 aliphatic carbocycles. The van der Waals surface area contributed by atoms with Crippen molar-refractivity contribution in [1.82, 2.24) is 10.3 Å². The summed E-state index contributed by atoms with van der Waals surface area (Å²) in [6, 6.07) is 15.8. The molecule has 0 spiro atoms.